The molecule has 0 aliphatic rings. The largest absolute Gasteiger partial charge is 0.480 e. The van der Waals surface area contributed by atoms with Crippen LogP contribution in [-0.2, 0) is 37.5 Å². The molecule has 12 nitrogen and oxygen atoms in total. The zero-order chi connectivity index (χ0) is 45.1. The van der Waals surface area contributed by atoms with Gasteiger partial charge in [0.25, 0.3) is 0 Å². The summed E-state index contributed by atoms with van der Waals surface area (Å²) in [5.41, 5.74) is 5.32. The molecule has 344 valence electrons. The molecule has 0 rings (SSSR count). The second-order valence-electron chi connectivity index (χ2n) is 14.3. The van der Waals surface area contributed by atoms with E-state index in [4.69, 9.17) is 24.8 Å². The van der Waals surface area contributed by atoms with Crippen LogP contribution >= 0.6 is 7.82 Å². The summed E-state index contributed by atoms with van der Waals surface area (Å²) in [7, 11) is -4.77. The van der Waals surface area contributed by atoms with Gasteiger partial charge in [-0.3, -0.25) is 23.4 Å². The van der Waals surface area contributed by atoms with Gasteiger partial charge in [0.1, 0.15) is 12.6 Å². The third-order valence-electron chi connectivity index (χ3n) is 8.59. The van der Waals surface area contributed by atoms with Crippen LogP contribution in [0, 0.1) is 0 Å². The van der Waals surface area contributed by atoms with Crippen LogP contribution in [0.2, 0.25) is 0 Å². The third-order valence-corrected chi connectivity index (χ3v) is 9.54. The lowest BCUT2D eigenvalue weighted by Gasteiger charge is -2.20. The Bertz CT molecular complexity index is 1460. The molecule has 0 aromatic rings. The molecule has 1 unspecified atom stereocenters. The lowest BCUT2D eigenvalue weighted by molar-refractivity contribution is -0.161. The van der Waals surface area contributed by atoms with Crippen molar-refractivity contribution < 1.29 is 52.6 Å². The summed E-state index contributed by atoms with van der Waals surface area (Å²) in [6.45, 7) is 2.51. The molecule has 0 spiro atoms. The van der Waals surface area contributed by atoms with Crippen LogP contribution in [0.15, 0.2) is 109 Å². The van der Waals surface area contributed by atoms with Gasteiger partial charge >= 0.3 is 25.7 Å². The molecule has 0 aromatic heterocycles. The average molecular weight is 874 g/mol. The molecule has 0 amide bonds. The normalized spacial score (nSPS) is 15.2. The minimum absolute atomic E-state index is 0.00627. The molecule has 0 radical (unpaired) electrons. The number of aliphatic hydroxyl groups is 1. The van der Waals surface area contributed by atoms with Crippen LogP contribution in [0.4, 0.5) is 0 Å². The maximum absolute atomic E-state index is 12.6. The van der Waals surface area contributed by atoms with Gasteiger partial charge in [0.2, 0.25) is 0 Å². The van der Waals surface area contributed by atoms with E-state index in [1.165, 1.54) is 38.5 Å². The van der Waals surface area contributed by atoms with E-state index in [1.54, 1.807) is 6.08 Å². The maximum atomic E-state index is 12.6. The molecule has 0 aromatic carbocycles. The summed E-state index contributed by atoms with van der Waals surface area (Å²) in [5.74, 6) is -2.62. The second kappa shape index (κ2) is 41.5. The van der Waals surface area contributed by atoms with Crippen LogP contribution in [0.3, 0.4) is 0 Å². The molecule has 4 atom stereocenters. The molecule has 0 saturated heterocycles. The number of carboxylic acid groups (broad SMARTS) is 1. The third kappa shape index (κ3) is 41.2. The van der Waals surface area contributed by atoms with Crippen LogP contribution in [0.5, 0.6) is 0 Å². The van der Waals surface area contributed by atoms with Gasteiger partial charge in [-0.05, 0) is 83.5 Å². The van der Waals surface area contributed by atoms with Crippen LogP contribution in [-0.4, -0.2) is 71.1 Å². The number of ether oxygens (including phenoxy) is 2. The molecule has 0 aliphatic heterocycles. The Labute approximate surface area is 366 Å². The number of rotatable bonds is 39. The Balaban J connectivity index is 4.66. The highest BCUT2D eigenvalue weighted by Crippen LogP contribution is 2.43. The van der Waals surface area contributed by atoms with Gasteiger partial charge in [-0.15, -0.1) is 0 Å². The van der Waals surface area contributed by atoms with E-state index >= 15 is 0 Å². The molecule has 0 aliphatic carbocycles. The Morgan fingerprint density at radius 1 is 0.590 bits per heavy atom. The monoisotopic (exact) mass is 874 g/mol. The van der Waals surface area contributed by atoms with Crippen molar-refractivity contribution >= 4 is 25.7 Å². The van der Waals surface area contributed by atoms with E-state index in [9.17, 15) is 28.9 Å². The summed E-state index contributed by atoms with van der Waals surface area (Å²) < 4.78 is 32.5. The number of unbranched alkanes of at least 4 members (excludes halogenated alkanes) is 7. The van der Waals surface area contributed by atoms with Crippen molar-refractivity contribution in [3.63, 3.8) is 0 Å². The summed E-state index contributed by atoms with van der Waals surface area (Å²) >= 11 is 0. The number of aliphatic carboxylic acids is 1. The predicted octanol–water partition coefficient (Wildman–Crippen LogP) is 10.8. The molecule has 0 fully saturated rings. The summed E-state index contributed by atoms with van der Waals surface area (Å²) in [6.07, 6.45) is 50.5. The summed E-state index contributed by atoms with van der Waals surface area (Å²) in [5, 5.41) is 18.9. The number of carbonyl (C=O) groups is 3. The minimum atomic E-state index is -4.77. The van der Waals surface area contributed by atoms with Crippen molar-refractivity contribution in [2.24, 2.45) is 5.73 Å². The van der Waals surface area contributed by atoms with E-state index in [0.717, 1.165) is 32.1 Å². The first-order valence-corrected chi connectivity index (χ1v) is 23.5. The fourth-order valence-corrected chi connectivity index (χ4v) is 5.84. The number of hydrogen-bond donors (Lipinski definition) is 4. The zero-order valence-corrected chi connectivity index (χ0v) is 37.7. The number of allylic oxidation sites excluding steroid dienone is 16. The van der Waals surface area contributed by atoms with Gasteiger partial charge in [-0.1, -0.05) is 149 Å². The molecule has 0 bridgehead atoms. The number of nitrogens with two attached hydrogens (primary N) is 1. The number of phosphoric acid groups is 1. The highest BCUT2D eigenvalue weighted by Gasteiger charge is 2.28. The molecule has 0 heterocycles. The van der Waals surface area contributed by atoms with Crippen molar-refractivity contribution in [1.82, 2.24) is 0 Å². The summed E-state index contributed by atoms with van der Waals surface area (Å²) in [4.78, 5) is 45.9. The van der Waals surface area contributed by atoms with E-state index in [-0.39, 0.29) is 12.8 Å². The molecule has 13 heteroatoms. The van der Waals surface area contributed by atoms with E-state index in [2.05, 4.69) is 67.0 Å². The second-order valence-corrected chi connectivity index (χ2v) is 15.8. The number of carbonyl (C=O) groups excluding carboxylic acids is 2. The molecule has 5 N–H and O–H groups in total. The quantitative estimate of drug-likeness (QED) is 0.0150. The lowest BCUT2D eigenvalue weighted by Crippen LogP contribution is -2.34. The van der Waals surface area contributed by atoms with E-state index in [1.807, 2.05) is 54.7 Å². The first-order valence-electron chi connectivity index (χ1n) is 22.0. The van der Waals surface area contributed by atoms with Gasteiger partial charge in [0.15, 0.2) is 6.10 Å². The van der Waals surface area contributed by atoms with Gasteiger partial charge in [0, 0.05) is 12.8 Å². The maximum Gasteiger partial charge on any atom is 0.472 e. The fourth-order valence-electron chi connectivity index (χ4n) is 5.06. The van der Waals surface area contributed by atoms with Gasteiger partial charge in [-0.2, -0.15) is 0 Å². The Kier molecular flexibility index (Phi) is 38.8. The predicted molar refractivity (Wildman–Crippen MR) is 246 cm³/mol. The van der Waals surface area contributed by atoms with Crippen molar-refractivity contribution in [1.29, 1.82) is 0 Å². The van der Waals surface area contributed by atoms with E-state index in [0.29, 0.717) is 38.5 Å². The summed E-state index contributed by atoms with van der Waals surface area (Å²) in [6, 6.07) is -1.56. The van der Waals surface area contributed by atoms with Crippen molar-refractivity contribution in [3.8, 4) is 0 Å². The topological polar surface area (TPSA) is 192 Å². The number of phosphoric ester groups is 1. The highest BCUT2D eigenvalue weighted by atomic mass is 31.2. The SMILES string of the molecule is CCCCC/C=C\C=C/[C@@H](O)C/C=C\C/C=C/CCCC(=O)OC[C@H](COP(=O)(O)OC[C@H](N)C(=O)O)OC(=O)CC/C=C\C/C=C\C/C=C\C/C=C\C/C=C\CCCCC. The van der Waals surface area contributed by atoms with Crippen molar-refractivity contribution in [3.05, 3.63) is 109 Å². The first-order chi connectivity index (χ1) is 29.5. The number of carboxylic acids is 1. The van der Waals surface area contributed by atoms with Crippen LogP contribution < -0.4 is 5.73 Å². The van der Waals surface area contributed by atoms with Gasteiger partial charge in [0.05, 0.1) is 19.3 Å². The van der Waals surface area contributed by atoms with Crippen molar-refractivity contribution in [2.75, 3.05) is 19.8 Å². The van der Waals surface area contributed by atoms with Crippen LogP contribution in [0.1, 0.15) is 136 Å². The number of esters is 2. The zero-order valence-electron chi connectivity index (χ0n) is 36.8. The van der Waals surface area contributed by atoms with Gasteiger partial charge in [-0.25, -0.2) is 4.57 Å². The van der Waals surface area contributed by atoms with Crippen molar-refractivity contribution in [2.45, 2.75) is 154 Å². The molecule has 0 saturated carbocycles. The minimum Gasteiger partial charge on any atom is -0.480 e. The fraction of sp³-hybridized carbons (Fsp3) is 0.562. The highest BCUT2D eigenvalue weighted by molar-refractivity contribution is 7.47. The lowest BCUT2D eigenvalue weighted by atomic mass is 10.2. The Morgan fingerprint density at radius 3 is 1.64 bits per heavy atom. The Hall–Kier alpha value is -3.90. The number of aliphatic hydroxyl groups excluding tert-OH is 1. The molecular formula is C48H76NO11P. The first kappa shape index (κ1) is 57.1. The molecular weight excluding hydrogens is 797 g/mol. The van der Waals surface area contributed by atoms with E-state index < -0.39 is 63.8 Å². The number of hydrogen-bond acceptors (Lipinski definition) is 10. The standard InChI is InChI=1S/C48H76NO11P/c1-3-5-7-9-11-12-13-14-15-16-17-18-19-20-21-22-26-31-35-39-47(52)60-44(41-58-61(55,56)59-42-45(49)48(53)54)40-57-46(51)38-34-30-27-23-25-29-33-37-43(50)36-32-28-24-10-8-6-4-2/h11-12,14-15,17-18,20-21,23-24,26-29,31-33,36,43-45,50H,3-10,13,16,19,22,25,30,34-35,37-42,49H2,1-2H3,(H,53,54)(H,55,56)/b12-11-,15-14-,18-17-,21-20-,27-23+,28-24-,31-26-,33-29-,36-32-/t43-,44-,45+/m1/s1. The molecule has 61 heavy (non-hydrogen) atoms. The smallest absolute Gasteiger partial charge is 0.472 e. The average Bonchev–Trinajstić information content (AvgIpc) is 3.23. The van der Waals surface area contributed by atoms with Gasteiger partial charge < -0.3 is 30.3 Å². The van der Waals surface area contributed by atoms with Crippen LogP contribution in [0.25, 0.3) is 0 Å². The Morgan fingerprint density at radius 2 is 1.08 bits per heavy atom.